The third-order valence-corrected chi connectivity index (χ3v) is 4.18. The maximum absolute atomic E-state index is 3.59. The first kappa shape index (κ1) is 13.6. The Morgan fingerprint density at radius 3 is 2.61 bits per heavy atom. The van der Waals surface area contributed by atoms with Gasteiger partial charge in [0, 0.05) is 31.2 Å². The van der Waals surface area contributed by atoms with E-state index in [1.807, 2.05) is 0 Å². The van der Waals surface area contributed by atoms with E-state index in [-0.39, 0.29) is 0 Å². The van der Waals surface area contributed by atoms with Gasteiger partial charge in [0.15, 0.2) is 0 Å². The zero-order chi connectivity index (χ0) is 13.1. The van der Waals surface area contributed by atoms with Gasteiger partial charge in [-0.3, -0.25) is 4.90 Å². The minimum atomic E-state index is 0.514. The largest absolute Gasteiger partial charge is 0.311 e. The molecule has 100 valence electrons. The molecule has 0 radical (unpaired) electrons. The highest BCUT2D eigenvalue weighted by molar-refractivity contribution is 5.24. The van der Waals surface area contributed by atoms with Crippen molar-refractivity contribution in [2.45, 2.75) is 52.2 Å². The van der Waals surface area contributed by atoms with E-state index in [0.29, 0.717) is 18.1 Å². The Kier molecular flexibility index (Phi) is 4.41. The number of benzene rings is 1. The fraction of sp³-hybridized carbons (Fsp3) is 0.625. The van der Waals surface area contributed by atoms with Crippen LogP contribution < -0.4 is 5.32 Å². The smallest absolute Gasteiger partial charge is 0.0324 e. The molecule has 1 fully saturated rings. The molecule has 1 heterocycles. The highest BCUT2D eigenvalue weighted by Gasteiger charge is 2.28. The van der Waals surface area contributed by atoms with Crippen LogP contribution in [-0.2, 0) is 0 Å². The Morgan fingerprint density at radius 1 is 1.33 bits per heavy atom. The Morgan fingerprint density at radius 2 is 2.00 bits per heavy atom. The van der Waals surface area contributed by atoms with Crippen LogP contribution in [0.5, 0.6) is 0 Å². The van der Waals surface area contributed by atoms with Crippen molar-refractivity contribution in [1.82, 2.24) is 10.2 Å². The molecule has 3 unspecified atom stereocenters. The molecule has 2 rings (SSSR count). The number of rotatable bonds is 3. The maximum Gasteiger partial charge on any atom is 0.0324 e. The normalized spacial score (nSPS) is 27.1. The van der Waals surface area contributed by atoms with Crippen LogP contribution in [0, 0.1) is 6.92 Å². The molecule has 1 N–H and O–H groups in total. The Balaban J connectivity index is 2.14. The average Bonchev–Trinajstić information content (AvgIpc) is 2.39. The van der Waals surface area contributed by atoms with Gasteiger partial charge < -0.3 is 5.32 Å². The van der Waals surface area contributed by atoms with Gasteiger partial charge in [-0.15, -0.1) is 0 Å². The topological polar surface area (TPSA) is 15.3 Å². The van der Waals surface area contributed by atoms with Gasteiger partial charge in [-0.25, -0.2) is 0 Å². The Labute approximate surface area is 111 Å². The van der Waals surface area contributed by atoms with E-state index >= 15 is 0 Å². The highest BCUT2D eigenvalue weighted by atomic mass is 15.2. The van der Waals surface area contributed by atoms with E-state index in [1.165, 1.54) is 17.5 Å². The van der Waals surface area contributed by atoms with Crippen molar-refractivity contribution >= 4 is 0 Å². The second kappa shape index (κ2) is 5.85. The number of nitrogens with zero attached hydrogens (tertiary/aromatic N) is 1. The summed E-state index contributed by atoms with van der Waals surface area (Å²) in [5.74, 6) is 0. The van der Waals surface area contributed by atoms with Gasteiger partial charge in [-0.2, -0.15) is 0 Å². The molecule has 0 aromatic heterocycles. The minimum Gasteiger partial charge on any atom is -0.311 e. The van der Waals surface area contributed by atoms with Crippen LogP contribution in [0.4, 0.5) is 0 Å². The second-order valence-corrected chi connectivity index (χ2v) is 5.65. The van der Waals surface area contributed by atoms with Crippen molar-refractivity contribution in [1.29, 1.82) is 0 Å². The van der Waals surface area contributed by atoms with Crippen LogP contribution in [0.15, 0.2) is 24.3 Å². The lowest BCUT2D eigenvalue weighted by molar-refractivity contribution is 0.0905. The number of piperazine rings is 1. The van der Waals surface area contributed by atoms with Crippen LogP contribution in [0.2, 0.25) is 0 Å². The van der Waals surface area contributed by atoms with Crippen molar-refractivity contribution < 1.29 is 0 Å². The molecule has 1 aromatic rings. The summed E-state index contributed by atoms with van der Waals surface area (Å²) < 4.78 is 0. The number of nitrogens with one attached hydrogen (secondary N) is 1. The fourth-order valence-corrected chi connectivity index (χ4v) is 2.87. The van der Waals surface area contributed by atoms with E-state index in [0.717, 1.165) is 13.1 Å². The first-order valence-corrected chi connectivity index (χ1v) is 7.17. The van der Waals surface area contributed by atoms with E-state index in [9.17, 15) is 0 Å². The van der Waals surface area contributed by atoms with Crippen molar-refractivity contribution in [3.05, 3.63) is 35.4 Å². The number of hydrogen-bond donors (Lipinski definition) is 1. The monoisotopic (exact) mass is 246 g/mol. The quantitative estimate of drug-likeness (QED) is 0.881. The van der Waals surface area contributed by atoms with Gasteiger partial charge in [0.05, 0.1) is 0 Å². The van der Waals surface area contributed by atoms with E-state index in [4.69, 9.17) is 0 Å². The fourth-order valence-electron chi connectivity index (χ4n) is 2.87. The lowest BCUT2D eigenvalue weighted by Gasteiger charge is -2.42. The third kappa shape index (κ3) is 2.93. The van der Waals surface area contributed by atoms with Crippen molar-refractivity contribution in [3.63, 3.8) is 0 Å². The van der Waals surface area contributed by atoms with Crippen LogP contribution in [0.3, 0.4) is 0 Å². The molecule has 18 heavy (non-hydrogen) atoms. The molecule has 0 spiro atoms. The predicted octanol–water partition coefficient (Wildman–Crippen LogP) is 3.13. The molecular formula is C16H26N2. The molecule has 1 aromatic carbocycles. The SMILES string of the molecule is CCC1CNC(C)CN1C(C)c1ccc(C)cc1. The molecule has 2 nitrogen and oxygen atoms in total. The molecule has 0 bridgehead atoms. The van der Waals surface area contributed by atoms with Gasteiger partial charge in [0.1, 0.15) is 0 Å². The molecule has 1 aliphatic heterocycles. The molecular weight excluding hydrogens is 220 g/mol. The standard InChI is InChI=1S/C16H26N2/c1-5-16-10-17-13(3)11-18(16)14(4)15-8-6-12(2)7-9-15/h6-9,13-14,16-17H,5,10-11H2,1-4H3. The van der Waals surface area contributed by atoms with Gasteiger partial charge >= 0.3 is 0 Å². The molecule has 0 saturated carbocycles. The molecule has 1 aliphatic rings. The second-order valence-electron chi connectivity index (χ2n) is 5.65. The predicted molar refractivity (Wildman–Crippen MR) is 77.8 cm³/mol. The Bertz CT molecular complexity index is 371. The van der Waals surface area contributed by atoms with Crippen LogP contribution >= 0.6 is 0 Å². The zero-order valence-corrected chi connectivity index (χ0v) is 12.1. The summed E-state index contributed by atoms with van der Waals surface area (Å²) in [5.41, 5.74) is 2.78. The van der Waals surface area contributed by atoms with Gasteiger partial charge in [-0.05, 0) is 32.8 Å². The van der Waals surface area contributed by atoms with Gasteiger partial charge in [0.25, 0.3) is 0 Å². The molecule has 3 atom stereocenters. The van der Waals surface area contributed by atoms with Crippen LogP contribution in [0.1, 0.15) is 44.4 Å². The van der Waals surface area contributed by atoms with E-state index in [1.54, 1.807) is 0 Å². The van der Waals surface area contributed by atoms with Crippen LogP contribution in [-0.4, -0.2) is 30.1 Å². The number of aryl methyl sites for hydroxylation is 1. The summed E-state index contributed by atoms with van der Waals surface area (Å²) in [6.07, 6.45) is 1.22. The Hall–Kier alpha value is -0.860. The van der Waals surface area contributed by atoms with Crippen molar-refractivity contribution in [2.75, 3.05) is 13.1 Å². The molecule has 0 amide bonds. The van der Waals surface area contributed by atoms with Crippen molar-refractivity contribution in [3.8, 4) is 0 Å². The van der Waals surface area contributed by atoms with Gasteiger partial charge in [0.2, 0.25) is 0 Å². The summed E-state index contributed by atoms with van der Waals surface area (Å²) in [4.78, 5) is 2.66. The maximum atomic E-state index is 3.59. The summed E-state index contributed by atoms with van der Waals surface area (Å²) in [6, 6.07) is 10.8. The van der Waals surface area contributed by atoms with E-state index in [2.05, 4.69) is 62.2 Å². The molecule has 2 heteroatoms. The first-order chi connectivity index (χ1) is 8.61. The molecule has 1 saturated heterocycles. The summed E-state index contributed by atoms with van der Waals surface area (Å²) in [6.45, 7) is 11.3. The summed E-state index contributed by atoms with van der Waals surface area (Å²) in [7, 11) is 0. The molecule has 0 aliphatic carbocycles. The van der Waals surface area contributed by atoms with Crippen LogP contribution in [0.25, 0.3) is 0 Å². The lowest BCUT2D eigenvalue weighted by Crippen LogP contribution is -2.55. The van der Waals surface area contributed by atoms with Crippen molar-refractivity contribution in [2.24, 2.45) is 0 Å². The minimum absolute atomic E-state index is 0.514. The average molecular weight is 246 g/mol. The summed E-state index contributed by atoms with van der Waals surface area (Å²) >= 11 is 0. The van der Waals surface area contributed by atoms with E-state index < -0.39 is 0 Å². The lowest BCUT2D eigenvalue weighted by atomic mass is 9.99. The zero-order valence-electron chi connectivity index (χ0n) is 12.1. The van der Waals surface area contributed by atoms with Gasteiger partial charge in [-0.1, -0.05) is 36.8 Å². The third-order valence-electron chi connectivity index (χ3n) is 4.18. The summed E-state index contributed by atoms with van der Waals surface area (Å²) in [5, 5.41) is 3.59. The highest BCUT2D eigenvalue weighted by Crippen LogP contribution is 2.25. The first-order valence-electron chi connectivity index (χ1n) is 7.17. The number of hydrogen-bond acceptors (Lipinski definition) is 2.